The summed E-state index contributed by atoms with van der Waals surface area (Å²) in [6.07, 6.45) is 0. The number of aryl methyl sites for hydroxylation is 1. The lowest BCUT2D eigenvalue weighted by molar-refractivity contribution is 0.364. The minimum absolute atomic E-state index is 0.0995. The summed E-state index contributed by atoms with van der Waals surface area (Å²) in [7, 11) is 0. The van der Waals surface area contributed by atoms with Crippen LogP contribution >= 0.6 is 0 Å². The highest BCUT2D eigenvalue weighted by Gasteiger charge is 2.15. The van der Waals surface area contributed by atoms with E-state index in [1.54, 1.807) is 0 Å². The summed E-state index contributed by atoms with van der Waals surface area (Å²) in [6.45, 7) is 2.11. The van der Waals surface area contributed by atoms with Crippen molar-refractivity contribution in [1.29, 1.82) is 0 Å². The Hall–Kier alpha value is -4.06. The molecule has 0 radical (unpaired) electrons. The van der Waals surface area contributed by atoms with Gasteiger partial charge in [0.05, 0.1) is 11.1 Å². The third-order valence-corrected chi connectivity index (χ3v) is 4.94. The predicted molar refractivity (Wildman–Crippen MR) is 115 cm³/mol. The monoisotopic (exact) mass is 394 g/mol. The van der Waals surface area contributed by atoms with Crippen LogP contribution in [0.1, 0.15) is 11.5 Å². The Balaban J connectivity index is 1.59. The summed E-state index contributed by atoms with van der Waals surface area (Å²) in [5.41, 5.74) is 3.46. The molecule has 146 valence electrons. The average molecular weight is 394 g/mol. The maximum absolute atomic E-state index is 13.0. The van der Waals surface area contributed by atoms with Crippen molar-refractivity contribution in [3.05, 3.63) is 101 Å². The smallest absolute Gasteiger partial charge is 0.275 e. The SMILES string of the molecule is Cc1cccc(-c2noc(Cn3nc(-c4ccccc4)c4ccccc4c3=O)n2)c1. The first-order chi connectivity index (χ1) is 14.7. The standard InChI is InChI=1S/C24H18N4O2/c1-16-8-7-11-18(14-16)23-25-21(30-27-23)15-28-24(29)20-13-6-5-12-19(20)22(26-28)17-9-3-2-4-10-17/h2-14H,15H2,1H3. The molecule has 0 aliphatic carbocycles. The highest BCUT2D eigenvalue weighted by Crippen LogP contribution is 2.24. The van der Waals surface area contributed by atoms with E-state index in [-0.39, 0.29) is 12.1 Å². The average Bonchev–Trinajstić information content (AvgIpc) is 3.25. The maximum atomic E-state index is 13.0. The van der Waals surface area contributed by atoms with Gasteiger partial charge < -0.3 is 4.52 Å². The zero-order valence-electron chi connectivity index (χ0n) is 16.3. The van der Waals surface area contributed by atoms with E-state index >= 15 is 0 Å². The molecule has 6 heteroatoms. The summed E-state index contributed by atoms with van der Waals surface area (Å²) in [5, 5.41) is 10.1. The van der Waals surface area contributed by atoms with Gasteiger partial charge in [-0.15, -0.1) is 0 Å². The molecule has 0 bridgehead atoms. The summed E-state index contributed by atoms with van der Waals surface area (Å²) in [6, 6.07) is 25.2. The molecule has 3 aromatic carbocycles. The van der Waals surface area contributed by atoms with Gasteiger partial charge in [0.1, 0.15) is 6.54 Å². The molecule has 0 spiro atoms. The van der Waals surface area contributed by atoms with Gasteiger partial charge >= 0.3 is 0 Å². The summed E-state index contributed by atoms with van der Waals surface area (Å²) < 4.78 is 6.80. The number of hydrogen-bond donors (Lipinski definition) is 0. The van der Waals surface area contributed by atoms with Gasteiger partial charge in [-0.3, -0.25) is 4.79 Å². The van der Waals surface area contributed by atoms with E-state index < -0.39 is 0 Å². The van der Waals surface area contributed by atoms with Gasteiger partial charge in [0.25, 0.3) is 5.56 Å². The molecule has 5 aromatic rings. The molecule has 0 saturated carbocycles. The van der Waals surface area contributed by atoms with Crippen LogP contribution in [0.3, 0.4) is 0 Å². The van der Waals surface area contributed by atoms with E-state index in [0.29, 0.717) is 17.1 Å². The number of benzene rings is 3. The van der Waals surface area contributed by atoms with E-state index in [0.717, 1.165) is 27.8 Å². The van der Waals surface area contributed by atoms with Crippen molar-refractivity contribution in [2.24, 2.45) is 0 Å². The highest BCUT2D eigenvalue weighted by atomic mass is 16.5. The number of nitrogens with zero attached hydrogens (tertiary/aromatic N) is 4. The van der Waals surface area contributed by atoms with Crippen LogP contribution in [0.4, 0.5) is 0 Å². The van der Waals surface area contributed by atoms with Crippen LogP contribution in [0.2, 0.25) is 0 Å². The minimum Gasteiger partial charge on any atom is -0.337 e. The Bertz CT molecular complexity index is 1400. The third-order valence-electron chi connectivity index (χ3n) is 4.94. The minimum atomic E-state index is -0.194. The summed E-state index contributed by atoms with van der Waals surface area (Å²) in [4.78, 5) is 17.5. The van der Waals surface area contributed by atoms with Gasteiger partial charge in [-0.05, 0) is 19.1 Å². The second-order valence-electron chi connectivity index (χ2n) is 7.10. The van der Waals surface area contributed by atoms with Crippen LogP contribution in [0, 0.1) is 6.92 Å². The Morgan fingerprint density at radius 3 is 2.40 bits per heavy atom. The lowest BCUT2D eigenvalue weighted by Crippen LogP contribution is -2.24. The van der Waals surface area contributed by atoms with Crippen LogP contribution in [-0.2, 0) is 6.54 Å². The Morgan fingerprint density at radius 2 is 1.60 bits per heavy atom. The molecule has 2 aromatic heterocycles. The molecule has 30 heavy (non-hydrogen) atoms. The maximum Gasteiger partial charge on any atom is 0.275 e. The van der Waals surface area contributed by atoms with E-state index in [9.17, 15) is 4.79 Å². The number of aromatic nitrogens is 4. The van der Waals surface area contributed by atoms with Gasteiger partial charge in [0.15, 0.2) is 0 Å². The second kappa shape index (κ2) is 7.40. The first-order valence-electron chi connectivity index (χ1n) is 9.64. The van der Waals surface area contributed by atoms with Gasteiger partial charge in [-0.25, -0.2) is 4.68 Å². The van der Waals surface area contributed by atoms with E-state index in [2.05, 4.69) is 15.2 Å². The number of fused-ring (bicyclic) bond motifs is 1. The van der Waals surface area contributed by atoms with Gasteiger partial charge in [-0.1, -0.05) is 77.5 Å². The number of rotatable bonds is 4. The van der Waals surface area contributed by atoms with Gasteiger partial charge in [-0.2, -0.15) is 10.1 Å². The van der Waals surface area contributed by atoms with Gasteiger partial charge in [0, 0.05) is 16.5 Å². The van der Waals surface area contributed by atoms with Crippen LogP contribution in [-0.4, -0.2) is 19.9 Å². The van der Waals surface area contributed by atoms with Crippen LogP contribution < -0.4 is 5.56 Å². The molecule has 0 saturated heterocycles. The zero-order chi connectivity index (χ0) is 20.5. The summed E-state index contributed by atoms with van der Waals surface area (Å²) in [5.74, 6) is 0.821. The van der Waals surface area contributed by atoms with Crippen LogP contribution in [0.15, 0.2) is 88.2 Å². The molecular formula is C24H18N4O2. The fourth-order valence-electron chi connectivity index (χ4n) is 3.50. The highest BCUT2D eigenvalue weighted by molar-refractivity contribution is 5.93. The number of hydrogen-bond acceptors (Lipinski definition) is 5. The Morgan fingerprint density at radius 1 is 0.867 bits per heavy atom. The molecule has 0 aliphatic heterocycles. The third kappa shape index (κ3) is 3.28. The van der Waals surface area contributed by atoms with Gasteiger partial charge in [0.2, 0.25) is 11.7 Å². The fraction of sp³-hybridized carbons (Fsp3) is 0.0833. The lowest BCUT2D eigenvalue weighted by atomic mass is 10.1. The zero-order valence-corrected chi connectivity index (χ0v) is 16.3. The molecule has 0 unspecified atom stereocenters. The van der Waals surface area contributed by atoms with E-state index in [1.165, 1.54) is 4.68 Å². The lowest BCUT2D eigenvalue weighted by Gasteiger charge is -2.09. The van der Waals surface area contributed by atoms with Crippen molar-refractivity contribution in [3.63, 3.8) is 0 Å². The van der Waals surface area contributed by atoms with E-state index in [4.69, 9.17) is 4.52 Å². The van der Waals surface area contributed by atoms with Crippen LogP contribution in [0.5, 0.6) is 0 Å². The first-order valence-corrected chi connectivity index (χ1v) is 9.64. The molecule has 6 nitrogen and oxygen atoms in total. The first kappa shape index (κ1) is 18.0. The Kier molecular flexibility index (Phi) is 4.44. The fourth-order valence-corrected chi connectivity index (χ4v) is 3.50. The molecule has 0 aliphatic rings. The molecule has 0 N–H and O–H groups in total. The molecule has 0 fully saturated rings. The molecule has 0 amide bonds. The molecule has 0 atom stereocenters. The predicted octanol–water partition coefficient (Wildman–Crippen LogP) is 4.47. The van der Waals surface area contributed by atoms with Crippen molar-refractivity contribution in [2.45, 2.75) is 13.5 Å². The summed E-state index contributed by atoms with van der Waals surface area (Å²) >= 11 is 0. The largest absolute Gasteiger partial charge is 0.337 e. The van der Waals surface area contributed by atoms with Crippen molar-refractivity contribution in [3.8, 4) is 22.6 Å². The quantitative estimate of drug-likeness (QED) is 0.450. The van der Waals surface area contributed by atoms with Crippen LogP contribution in [0.25, 0.3) is 33.4 Å². The van der Waals surface area contributed by atoms with Crippen molar-refractivity contribution >= 4 is 10.8 Å². The van der Waals surface area contributed by atoms with E-state index in [1.807, 2.05) is 85.8 Å². The normalized spacial score (nSPS) is 11.1. The molecule has 5 rings (SSSR count). The molecule has 2 heterocycles. The molecular weight excluding hydrogens is 376 g/mol. The Labute approximate surface area is 172 Å². The van der Waals surface area contributed by atoms with Crippen molar-refractivity contribution in [2.75, 3.05) is 0 Å². The second-order valence-corrected chi connectivity index (χ2v) is 7.10. The topological polar surface area (TPSA) is 73.8 Å². The van der Waals surface area contributed by atoms with Crippen molar-refractivity contribution < 1.29 is 4.52 Å². The van der Waals surface area contributed by atoms with Crippen molar-refractivity contribution in [1.82, 2.24) is 19.9 Å².